The number of hydrogen-bond acceptors (Lipinski definition) is 7. The molecule has 4 rings (SSSR count). The molecule has 1 N–H and O–H groups in total. The summed E-state index contributed by atoms with van der Waals surface area (Å²) >= 11 is 0. The molecular formula is C21H19N5O5. The number of rotatable bonds is 7. The van der Waals surface area contributed by atoms with Gasteiger partial charge < -0.3 is 19.5 Å². The lowest BCUT2D eigenvalue weighted by molar-refractivity contribution is -0.117. The number of nitrogens with zero attached hydrogens (tertiary/aromatic N) is 4. The molecule has 0 aliphatic heterocycles. The number of carbonyl (C=O) groups excluding carboxylic acids is 1. The quantitative estimate of drug-likeness (QED) is 0.488. The van der Waals surface area contributed by atoms with Crippen LogP contribution in [0.25, 0.3) is 5.65 Å². The van der Waals surface area contributed by atoms with Crippen LogP contribution in [0.2, 0.25) is 0 Å². The Morgan fingerprint density at radius 3 is 2.52 bits per heavy atom. The van der Waals surface area contributed by atoms with E-state index in [-0.39, 0.29) is 18.1 Å². The van der Waals surface area contributed by atoms with Crippen LogP contribution in [0, 0.1) is 0 Å². The fourth-order valence-electron chi connectivity index (χ4n) is 2.89. The van der Waals surface area contributed by atoms with Gasteiger partial charge >= 0.3 is 5.69 Å². The normalized spacial score (nSPS) is 10.6. The Labute approximate surface area is 176 Å². The van der Waals surface area contributed by atoms with Crippen LogP contribution >= 0.6 is 0 Å². The second-order valence-corrected chi connectivity index (χ2v) is 6.42. The molecule has 158 valence electrons. The summed E-state index contributed by atoms with van der Waals surface area (Å²) in [5.41, 5.74) is 0.275. The van der Waals surface area contributed by atoms with Crippen molar-refractivity contribution in [3.05, 3.63) is 71.4 Å². The maximum atomic E-state index is 12.7. The molecule has 1 amide bonds. The van der Waals surface area contributed by atoms with E-state index in [1.54, 1.807) is 62.8 Å². The first-order valence-corrected chi connectivity index (χ1v) is 9.27. The Morgan fingerprint density at radius 2 is 1.77 bits per heavy atom. The number of fused-ring (bicyclic) bond motifs is 1. The largest absolute Gasteiger partial charge is 0.497 e. The molecule has 0 atom stereocenters. The fraction of sp³-hybridized carbons (Fsp3) is 0.143. The number of aromatic nitrogens is 4. The molecule has 0 radical (unpaired) electrons. The van der Waals surface area contributed by atoms with Crippen molar-refractivity contribution < 1.29 is 19.0 Å². The van der Waals surface area contributed by atoms with Gasteiger partial charge in [0.05, 0.1) is 14.2 Å². The summed E-state index contributed by atoms with van der Waals surface area (Å²) in [5.74, 6) is 1.48. The van der Waals surface area contributed by atoms with Gasteiger partial charge in [-0.1, -0.05) is 6.07 Å². The predicted octanol–water partition coefficient (Wildman–Crippen LogP) is 2.34. The average molecular weight is 421 g/mol. The molecule has 0 unspecified atom stereocenters. The van der Waals surface area contributed by atoms with E-state index in [4.69, 9.17) is 14.2 Å². The van der Waals surface area contributed by atoms with E-state index >= 15 is 0 Å². The highest BCUT2D eigenvalue weighted by Gasteiger charge is 2.16. The molecule has 0 fully saturated rings. The molecule has 4 aromatic rings. The van der Waals surface area contributed by atoms with Crippen LogP contribution in [0.4, 0.5) is 5.69 Å². The highest BCUT2D eigenvalue weighted by atomic mass is 16.5. The van der Waals surface area contributed by atoms with Gasteiger partial charge in [-0.15, -0.1) is 5.10 Å². The van der Waals surface area contributed by atoms with Gasteiger partial charge in [-0.3, -0.25) is 4.79 Å². The zero-order chi connectivity index (χ0) is 21.8. The lowest BCUT2D eigenvalue weighted by Gasteiger charge is -2.06. The number of methoxy groups -OCH3 is 2. The number of carbonyl (C=O) groups is 1. The van der Waals surface area contributed by atoms with E-state index in [1.165, 1.54) is 16.8 Å². The van der Waals surface area contributed by atoms with E-state index in [2.05, 4.69) is 15.4 Å². The van der Waals surface area contributed by atoms with Crippen molar-refractivity contribution in [1.29, 1.82) is 0 Å². The molecule has 2 aromatic heterocycles. The molecular weight excluding hydrogens is 402 g/mol. The summed E-state index contributed by atoms with van der Waals surface area (Å²) < 4.78 is 18.4. The Balaban J connectivity index is 1.56. The van der Waals surface area contributed by atoms with Crippen LogP contribution in [0.1, 0.15) is 0 Å². The van der Waals surface area contributed by atoms with E-state index in [9.17, 15) is 9.59 Å². The molecule has 0 saturated carbocycles. The molecule has 2 aromatic carbocycles. The summed E-state index contributed by atoms with van der Waals surface area (Å²) in [4.78, 5) is 29.2. The molecule has 0 aliphatic rings. The minimum atomic E-state index is -0.488. The third kappa shape index (κ3) is 4.32. The fourth-order valence-corrected chi connectivity index (χ4v) is 2.89. The molecule has 10 heteroatoms. The van der Waals surface area contributed by atoms with Gasteiger partial charge in [-0.25, -0.2) is 18.9 Å². The van der Waals surface area contributed by atoms with E-state index < -0.39 is 11.6 Å². The molecule has 0 bridgehead atoms. The van der Waals surface area contributed by atoms with Crippen LogP contribution < -0.4 is 25.2 Å². The molecule has 31 heavy (non-hydrogen) atoms. The van der Waals surface area contributed by atoms with Crippen molar-refractivity contribution in [2.75, 3.05) is 19.5 Å². The third-order valence-electron chi connectivity index (χ3n) is 4.39. The van der Waals surface area contributed by atoms with Gasteiger partial charge in [-0.05, 0) is 36.4 Å². The molecule has 2 heterocycles. The van der Waals surface area contributed by atoms with E-state index in [1.807, 2.05) is 0 Å². The third-order valence-corrected chi connectivity index (χ3v) is 4.39. The van der Waals surface area contributed by atoms with Gasteiger partial charge in [0.25, 0.3) is 5.88 Å². The van der Waals surface area contributed by atoms with Gasteiger partial charge in [0.1, 0.15) is 23.8 Å². The lowest BCUT2D eigenvalue weighted by atomic mass is 10.3. The number of anilines is 1. The van der Waals surface area contributed by atoms with Gasteiger partial charge in [0.15, 0.2) is 0 Å². The van der Waals surface area contributed by atoms with Crippen LogP contribution in [-0.2, 0) is 11.3 Å². The zero-order valence-corrected chi connectivity index (χ0v) is 16.8. The summed E-state index contributed by atoms with van der Waals surface area (Å²) in [6.45, 7) is -0.273. The van der Waals surface area contributed by atoms with Crippen molar-refractivity contribution in [3.8, 4) is 23.1 Å². The summed E-state index contributed by atoms with van der Waals surface area (Å²) in [5, 5.41) is 6.94. The summed E-state index contributed by atoms with van der Waals surface area (Å²) in [7, 11) is 3.11. The summed E-state index contributed by atoms with van der Waals surface area (Å²) in [6, 6.07) is 13.8. The van der Waals surface area contributed by atoms with Crippen molar-refractivity contribution in [1.82, 2.24) is 19.2 Å². The second-order valence-electron chi connectivity index (χ2n) is 6.42. The zero-order valence-electron chi connectivity index (χ0n) is 16.8. The first-order valence-electron chi connectivity index (χ1n) is 9.27. The van der Waals surface area contributed by atoms with Crippen molar-refractivity contribution >= 4 is 17.2 Å². The monoisotopic (exact) mass is 421 g/mol. The first kappa shape index (κ1) is 20.0. The van der Waals surface area contributed by atoms with E-state index in [0.29, 0.717) is 22.9 Å². The molecule has 0 aliphatic carbocycles. The maximum absolute atomic E-state index is 12.7. The number of ether oxygens (including phenoxy) is 3. The highest BCUT2D eigenvalue weighted by Crippen LogP contribution is 2.25. The Kier molecular flexibility index (Phi) is 5.52. The number of hydrogen-bond donors (Lipinski definition) is 1. The number of nitrogens with one attached hydrogen (secondary N) is 1. The van der Waals surface area contributed by atoms with Crippen LogP contribution in [0.15, 0.2) is 65.7 Å². The minimum absolute atomic E-state index is 0.127. The van der Waals surface area contributed by atoms with Crippen LogP contribution in [-0.4, -0.2) is 39.3 Å². The standard InChI is InChI=1S/C21H19N5O5/c1-29-15-8-6-14(7-9-15)23-18(27)13-26-21(28)25-11-10-22-20(19(25)24-26)31-17-5-3-4-16(12-17)30-2/h3-12H,13H2,1-2H3,(H,23,27). The number of amides is 1. The topological polar surface area (TPSA) is 109 Å². The van der Waals surface area contributed by atoms with Crippen molar-refractivity contribution in [3.63, 3.8) is 0 Å². The Bertz CT molecular complexity index is 1280. The Hall–Kier alpha value is -4.34. The SMILES string of the molecule is COc1ccc(NC(=O)Cn2nc3c(Oc4cccc(OC)c4)nccn3c2=O)cc1. The van der Waals surface area contributed by atoms with Crippen LogP contribution in [0.3, 0.4) is 0 Å². The van der Waals surface area contributed by atoms with E-state index in [0.717, 1.165) is 4.68 Å². The number of benzene rings is 2. The molecule has 0 spiro atoms. The predicted molar refractivity (Wildman–Crippen MR) is 112 cm³/mol. The van der Waals surface area contributed by atoms with Gasteiger partial charge in [0.2, 0.25) is 11.6 Å². The Morgan fingerprint density at radius 1 is 1.03 bits per heavy atom. The van der Waals surface area contributed by atoms with Gasteiger partial charge in [-0.2, -0.15) is 0 Å². The lowest BCUT2D eigenvalue weighted by Crippen LogP contribution is -2.28. The minimum Gasteiger partial charge on any atom is -0.497 e. The van der Waals surface area contributed by atoms with Crippen LogP contribution in [0.5, 0.6) is 23.1 Å². The van der Waals surface area contributed by atoms with Crippen molar-refractivity contribution in [2.24, 2.45) is 0 Å². The summed E-state index contributed by atoms with van der Waals surface area (Å²) in [6.07, 6.45) is 2.88. The average Bonchev–Trinajstić information content (AvgIpc) is 3.10. The first-order chi connectivity index (χ1) is 15.1. The molecule has 0 saturated heterocycles. The van der Waals surface area contributed by atoms with Gasteiger partial charge in [0, 0.05) is 24.1 Å². The highest BCUT2D eigenvalue weighted by molar-refractivity contribution is 5.90. The maximum Gasteiger partial charge on any atom is 0.351 e. The second kappa shape index (κ2) is 8.57. The smallest absolute Gasteiger partial charge is 0.351 e. The molecule has 10 nitrogen and oxygen atoms in total. The van der Waals surface area contributed by atoms with Crippen molar-refractivity contribution in [2.45, 2.75) is 6.54 Å².